The SMILES string of the molecule is CCCCC(CC)C[Si](Cl)(Cl)Cl. The molecule has 0 radical (unpaired) electrons. The van der Waals surface area contributed by atoms with Crippen molar-refractivity contribution >= 4 is 39.2 Å². The second-order valence-electron chi connectivity index (χ2n) is 3.24. The van der Waals surface area contributed by atoms with Gasteiger partial charge in [0.05, 0.1) is 0 Å². The molecule has 0 aromatic heterocycles. The monoisotopic (exact) mass is 246 g/mol. The molecule has 0 aromatic carbocycles. The number of rotatable bonds is 6. The smallest absolute Gasteiger partial charge is 0.126 e. The summed E-state index contributed by atoms with van der Waals surface area (Å²) in [6.07, 6.45) is 4.85. The van der Waals surface area contributed by atoms with E-state index < -0.39 is 6.00 Å². The highest BCUT2D eigenvalue weighted by Gasteiger charge is 2.28. The molecule has 0 aliphatic heterocycles. The van der Waals surface area contributed by atoms with Crippen LogP contribution in [0.3, 0.4) is 0 Å². The molecule has 0 saturated heterocycles. The van der Waals surface area contributed by atoms with Gasteiger partial charge in [0.2, 0.25) is 0 Å². The normalized spacial score (nSPS) is 14.8. The molecule has 1 unspecified atom stereocenters. The maximum Gasteiger partial charge on any atom is 0.341 e. The van der Waals surface area contributed by atoms with Gasteiger partial charge in [-0.15, -0.1) is 33.2 Å². The van der Waals surface area contributed by atoms with Crippen molar-refractivity contribution in [2.45, 2.75) is 45.6 Å². The summed E-state index contributed by atoms with van der Waals surface area (Å²) in [5.41, 5.74) is 0. The van der Waals surface area contributed by atoms with Gasteiger partial charge >= 0.3 is 6.00 Å². The first-order valence-electron chi connectivity index (χ1n) is 4.56. The molecule has 0 nitrogen and oxygen atoms in total. The van der Waals surface area contributed by atoms with E-state index in [-0.39, 0.29) is 0 Å². The number of hydrogen-bond donors (Lipinski definition) is 0. The lowest BCUT2D eigenvalue weighted by Crippen LogP contribution is -2.15. The summed E-state index contributed by atoms with van der Waals surface area (Å²) in [5, 5.41) is 0. The number of unbranched alkanes of at least 4 members (excludes halogenated alkanes) is 1. The van der Waals surface area contributed by atoms with Gasteiger partial charge in [-0.05, 0) is 12.0 Å². The zero-order chi connectivity index (χ0) is 9.61. The topological polar surface area (TPSA) is 0 Å². The summed E-state index contributed by atoms with van der Waals surface area (Å²) < 4.78 is 0. The van der Waals surface area contributed by atoms with E-state index >= 15 is 0 Å². The third-order valence-electron chi connectivity index (χ3n) is 2.06. The maximum absolute atomic E-state index is 5.86. The standard InChI is InChI=1S/C8H17Cl3Si/c1-3-5-6-8(4-2)7-12(9,10)11/h8H,3-7H2,1-2H3. The van der Waals surface area contributed by atoms with Gasteiger partial charge in [-0.25, -0.2) is 0 Å². The van der Waals surface area contributed by atoms with Gasteiger partial charge in [-0.1, -0.05) is 39.5 Å². The van der Waals surface area contributed by atoms with Crippen molar-refractivity contribution in [1.82, 2.24) is 0 Å². The lowest BCUT2D eigenvalue weighted by atomic mass is 10.0. The lowest BCUT2D eigenvalue weighted by Gasteiger charge is -2.17. The molecule has 74 valence electrons. The Labute approximate surface area is 90.7 Å². The van der Waals surface area contributed by atoms with Gasteiger partial charge in [0.15, 0.2) is 0 Å². The van der Waals surface area contributed by atoms with E-state index in [9.17, 15) is 0 Å². The fraction of sp³-hybridized carbons (Fsp3) is 1.00. The first kappa shape index (κ1) is 13.1. The van der Waals surface area contributed by atoms with Gasteiger partial charge in [0.1, 0.15) is 0 Å². The van der Waals surface area contributed by atoms with Crippen LogP contribution in [0.1, 0.15) is 39.5 Å². The van der Waals surface area contributed by atoms with E-state index in [1.165, 1.54) is 19.3 Å². The Balaban J connectivity index is 3.67. The van der Waals surface area contributed by atoms with Crippen molar-refractivity contribution in [3.8, 4) is 0 Å². The van der Waals surface area contributed by atoms with Crippen LogP contribution in [0, 0.1) is 5.92 Å². The lowest BCUT2D eigenvalue weighted by molar-refractivity contribution is 0.490. The van der Waals surface area contributed by atoms with Crippen LogP contribution in [0.15, 0.2) is 0 Å². The second-order valence-corrected chi connectivity index (χ2v) is 12.4. The van der Waals surface area contributed by atoms with Crippen LogP contribution in [0.5, 0.6) is 0 Å². The summed E-state index contributed by atoms with van der Waals surface area (Å²) in [7, 11) is 0. The minimum Gasteiger partial charge on any atom is -0.126 e. The van der Waals surface area contributed by atoms with Crippen molar-refractivity contribution in [3.05, 3.63) is 0 Å². The van der Waals surface area contributed by atoms with Gasteiger partial charge in [0, 0.05) is 0 Å². The highest BCUT2D eigenvalue weighted by atomic mass is 35.8. The summed E-state index contributed by atoms with van der Waals surface area (Å²) in [6, 6.07) is -1.55. The quantitative estimate of drug-likeness (QED) is 0.465. The summed E-state index contributed by atoms with van der Waals surface area (Å²) in [5.74, 6) is 0.629. The predicted molar refractivity (Wildman–Crippen MR) is 61.4 cm³/mol. The molecular weight excluding hydrogens is 231 g/mol. The van der Waals surface area contributed by atoms with E-state index in [1.54, 1.807) is 0 Å². The zero-order valence-corrected chi connectivity index (χ0v) is 11.0. The van der Waals surface area contributed by atoms with Gasteiger partial charge in [-0.3, -0.25) is 0 Å². The van der Waals surface area contributed by atoms with Gasteiger partial charge in [0.25, 0.3) is 0 Å². The van der Waals surface area contributed by atoms with Crippen molar-refractivity contribution in [3.63, 3.8) is 0 Å². The van der Waals surface area contributed by atoms with Crippen LogP contribution >= 0.6 is 33.2 Å². The Kier molecular flexibility index (Phi) is 7.12. The predicted octanol–water partition coefficient (Wildman–Crippen LogP) is 4.86. The Hall–Kier alpha value is 1.09. The molecule has 12 heavy (non-hydrogen) atoms. The Morgan fingerprint density at radius 3 is 2.08 bits per heavy atom. The minimum absolute atomic E-state index is 0.629. The van der Waals surface area contributed by atoms with Gasteiger partial charge < -0.3 is 0 Å². The van der Waals surface area contributed by atoms with Crippen molar-refractivity contribution in [2.75, 3.05) is 0 Å². The first-order valence-corrected chi connectivity index (χ1v) is 9.80. The van der Waals surface area contributed by atoms with Crippen LogP contribution in [-0.4, -0.2) is 6.00 Å². The minimum atomic E-state index is -2.37. The van der Waals surface area contributed by atoms with Crippen molar-refractivity contribution < 1.29 is 0 Å². The van der Waals surface area contributed by atoms with Crippen molar-refractivity contribution in [2.24, 2.45) is 5.92 Å². The van der Waals surface area contributed by atoms with Crippen molar-refractivity contribution in [1.29, 1.82) is 0 Å². The Morgan fingerprint density at radius 1 is 1.17 bits per heavy atom. The molecule has 0 aromatic rings. The molecule has 0 aliphatic carbocycles. The largest absolute Gasteiger partial charge is 0.341 e. The van der Waals surface area contributed by atoms with E-state index in [4.69, 9.17) is 33.2 Å². The van der Waals surface area contributed by atoms with Crippen LogP contribution in [0.2, 0.25) is 6.04 Å². The number of hydrogen-bond acceptors (Lipinski definition) is 0. The fourth-order valence-electron chi connectivity index (χ4n) is 1.27. The maximum atomic E-state index is 5.86. The zero-order valence-electron chi connectivity index (χ0n) is 7.75. The van der Waals surface area contributed by atoms with Crippen LogP contribution in [-0.2, 0) is 0 Å². The summed E-state index contributed by atoms with van der Waals surface area (Å²) in [4.78, 5) is 0. The molecule has 0 saturated carbocycles. The molecule has 0 amide bonds. The highest BCUT2D eigenvalue weighted by molar-refractivity contribution is 7.64. The molecule has 0 heterocycles. The second kappa shape index (κ2) is 6.53. The molecule has 0 aliphatic rings. The molecule has 0 spiro atoms. The molecule has 0 fully saturated rings. The molecule has 0 rings (SSSR count). The van der Waals surface area contributed by atoms with Crippen LogP contribution in [0.25, 0.3) is 0 Å². The molecule has 4 heteroatoms. The van der Waals surface area contributed by atoms with E-state index in [0.29, 0.717) is 5.92 Å². The fourth-order valence-corrected chi connectivity index (χ4v) is 4.38. The number of halogens is 3. The van der Waals surface area contributed by atoms with E-state index in [1.807, 2.05) is 0 Å². The van der Waals surface area contributed by atoms with Crippen LogP contribution in [0.4, 0.5) is 0 Å². The molecule has 1 atom stereocenters. The van der Waals surface area contributed by atoms with Crippen LogP contribution < -0.4 is 0 Å². The average molecular weight is 248 g/mol. The Morgan fingerprint density at radius 2 is 1.75 bits per heavy atom. The van der Waals surface area contributed by atoms with Gasteiger partial charge in [-0.2, -0.15) is 0 Å². The summed E-state index contributed by atoms with van der Waals surface area (Å²) >= 11 is 17.6. The van der Waals surface area contributed by atoms with E-state index in [2.05, 4.69) is 13.8 Å². The highest BCUT2D eigenvalue weighted by Crippen LogP contribution is 2.32. The Bertz CT molecular complexity index is 111. The first-order chi connectivity index (χ1) is 5.49. The third kappa shape index (κ3) is 7.72. The average Bonchev–Trinajstić information content (AvgIpc) is 1.95. The summed E-state index contributed by atoms with van der Waals surface area (Å²) in [6.45, 7) is 4.37. The molecular formula is C8H17Cl3Si. The third-order valence-corrected chi connectivity index (χ3v) is 4.49. The molecule has 0 N–H and O–H groups in total. The molecule has 0 bridgehead atoms. The van der Waals surface area contributed by atoms with E-state index in [0.717, 1.165) is 12.5 Å².